The molecule has 0 bridgehead atoms. The fraction of sp³-hybridized carbons (Fsp3) is 0.692. The van der Waals surface area contributed by atoms with Crippen LogP contribution in [0.25, 0.3) is 0 Å². The highest BCUT2D eigenvalue weighted by Crippen LogP contribution is 2.26. The molecular weight excluding hydrogens is 276 g/mol. The second-order valence-corrected chi connectivity index (χ2v) is 5.57. The number of nitrogens with zero attached hydrogens (tertiary/aromatic N) is 1. The van der Waals surface area contributed by atoms with E-state index in [9.17, 15) is 4.79 Å². The molecule has 0 unspecified atom stereocenters. The van der Waals surface area contributed by atoms with Crippen LogP contribution >= 0.6 is 11.5 Å². The van der Waals surface area contributed by atoms with Gasteiger partial charge in [0.25, 0.3) is 5.91 Å². The van der Waals surface area contributed by atoms with E-state index in [0.29, 0.717) is 12.2 Å². The molecule has 0 spiro atoms. The molecule has 4 N–H and O–H groups in total. The fourth-order valence-corrected chi connectivity index (χ4v) is 2.34. The minimum atomic E-state index is -0.184. The quantitative estimate of drug-likeness (QED) is 0.608. The molecule has 114 valence electrons. The third-order valence-electron chi connectivity index (χ3n) is 2.46. The average Bonchev–Trinajstić information content (AvgIpc) is 2.74. The molecule has 20 heavy (non-hydrogen) atoms. The van der Waals surface area contributed by atoms with Crippen molar-refractivity contribution in [2.24, 2.45) is 0 Å². The van der Waals surface area contributed by atoms with Crippen LogP contribution in [0.4, 0.5) is 10.8 Å². The number of nitrogens with two attached hydrogens (primary N) is 1. The lowest BCUT2D eigenvalue weighted by Crippen LogP contribution is -2.30. The zero-order valence-corrected chi connectivity index (χ0v) is 13.2. The van der Waals surface area contributed by atoms with Gasteiger partial charge in [-0.3, -0.25) is 4.79 Å². The first-order valence-electron chi connectivity index (χ1n) is 6.93. The van der Waals surface area contributed by atoms with E-state index in [1.165, 1.54) is 11.5 Å². The van der Waals surface area contributed by atoms with Crippen molar-refractivity contribution < 1.29 is 9.53 Å². The summed E-state index contributed by atoms with van der Waals surface area (Å²) in [4.78, 5) is 12.0. The van der Waals surface area contributed by atoms with Gasteiger partial charge >= 0.3 is 0 Å². The van der Waals surface area contributed by atoms with Crippen LogP contribution in [0.15, 0.2) is 0 Å². The van der Waals surface area contributed by atoms with E-state index >= 15 is 0 Å². The van der Waals surface area contributed by atoms with Crippen LogP contribution in [0.3, 0.4) is 0 Å². The Morgan fingerprint density at radius 3 is 2.85 bits per heavy atom. The van der Waals surface area contributed by atoms with Gasteiger partial charge in [-0.15, -0.1) is 0 Å². The average molecular weight is 300 g/mol. The summed E-state index contributed by atoms with van der Waals surface area (Å²) in [5.41, 5.74) is 6.20. The molecule has 1 rings (SSSR count). The first kappa shape index (κ1) is 16.7. The number of aromatic nitrogens is 1. The molecule has 1 amide bonds. The normalized spacial score (nSPS) is 10.8. The summed E-state index contributed by atoms with van der Waals surface area (Å²) in [6.45, 7) is 8.13. The summed E-state index contributed by atoms with van der Waals surface area (Å²) < 4.78 is 9.44. The maximum absolute atomic E-state index is 12.0. The van der Waals surface area contributed by atoms with Crippen LogP contribution in [0.1, 0.15) is 44.0 Å². The zero-order chi connectivity index (χ0) is 15.0. The van der Waals surface area contributed by atoms with Gasteiger partial charge in [-0.25, -0.2) is 0 Å². The smallest absolute Gasteiger partial charge is 0.258 e. The number of rotatable bonds is 9. The highest BCUT2D eigenvalue weighted by Gasteiger charge is 2.19. The van der Waals surface area contributed by atoms with E-state index in [2.05, 4.69) is 21.9 Å². The second-order valence-electron chi connectivity index (χ2n) is 4.79. The molecule has 7 heteroatoms. The molecule has 0 atom stereocenters. The van der Waals surface area contributed by atoms with Gasteiger partial charge in [0.15, 0.2) is 5.82 Å². The predicted molar refractivity (Wildman–Crippen MR) is 83.3 cm³/mol. The van der Waals surface area contributed by atoms with Gasteiger partial charge in [-0.1, -0.05) is 6.92 Å². The Bertz CT molecular complexity index is 421. The van der Waals surface area contributed by atoms with Crippen molar-refractivity contribution in [2.45, 2.75) is 39.7 Å². The van der Waals surface area contributed by atoms with Crippen molar-refractivity contribution >= 4 is 28.3 Å². The number of amides is 1. The first-order valence-corrected chi connectivity index (χ1v) is 7.71. The third-order valence-corrected chi connectivity index (χ3v) is 3.28. The van der Waals surface area contributed by atoms with E-state index in [4.69, 9.17) is 10.5 Å². The van der Waals surface area contributed by atoms with E-state index in [-0.39, 0.29) is 17.8 Å². The molecule has 0 aliphatic heterocycles. The Labute approximate surface area is 124 Å². The standard InChI is InChI=1S/C13H24N4O2S/c1-4-7-19-8-5-6-15-13-10(11(14)17-20-13)12(18)16-9(2)3/h9,15H,4-8H2,1-3H3,(H2,14,17)(H,16,18). The lowest BCUT2D eigenvalue weighted by atomic mass is 10.2. The monoisotopic (exact) mass is 300 g/mol. The Hall–Kier alpha value is -1.34. The van der Waals surface area contributed by atoms with Crippen molar-refractivity contribution in [3.63, 3.8) is 0 Å². The second kappa shape index (κ2) is 8.76. The summed E-state index contributed by atoms with van der Waals surface area (Å²) in [5, 5.41) is 6.75. The van der Waals surface area contributed by atoms with Crippen molar-refractivity contribution in [3.8, 4) is 0 Å². The van der Waals surface area contributed by atoms with E-state index in [0.717, 1.165) is 31.0 Å². The Kier molecular flexibility index (Phi) is 7.32. The van der Waals surface area contributed by atoms with Crippen LogP contribution in [0.5, 0.6) is 0 Å². The number of anilines is 2. The summed E-state index contributed by atoms with van der Waals surface area (Å²) in [7, 11) is 0. The SMILES string of the molecule is CCCOCCCNc1snc(N)c1C(=O)NC(C)C. The Morgan fingerprint density at radius 1 is 1.45 bits per heavy atom. The predicted octanol–water partition coefficient (Wildman–Crippen LogP) is 2.09. The van der Waals surface area contributed by atoms with E-state index in [1.54, 1.807) is 0 Å². The highest BCUT2D eigenvalue weighted by molar-refractivity contribution is 7.11. The number of nitrogen functional groups attached to an aromatic ring is 1. The number of carbonyl (C=O) groups is 1. The zero-order valence-electron chi connectivity index (χ0n) is 12.4. The molecule has 1 aromatic heterocycles. The van der Waals surface area contributed by atoms with E-state index in [1.807, 2.05) is 13.8 Å². The number of hydrogen-bond donors (Lipinski definition) is 3. The summed E-state index contributed by atoms with van der Waals surface area (Å²) in [5.74, 6) is 0.0915. The molecule has 1 heterocycles. The van der Waals surface area contributed by atoms with Crippen LogP contribution in [0.2, 0.25) is 0 Å². The van der Waals surface area contributed by atoms with Gasteiger partial charge in [0, 0.05) is 25.8 Å². The molecule has 0 fully saturated rings. The van der Waals surface area contributed by atoms with Crippen LogP contribution in [-0.2, 0) is 4.74 Å². The summed E-state index contributed by atoms with van der Waals surface area (Å²) in [6, 6.07) is 0.0668. The Balaban J connectivity index is 2.48. The molecule has 0 aliphatic rings. The van der Waals surface area contributed by atoms with Gasteiger partial charge in [0.2, 0.25) is 0 Å². The minimum Gasteiger partial charge on any atom is -0.382 e. The molecular formula is C13H24N4O2S. The van der Waals surface area contributed by atoms with E-state index < -0.39 is 0 Å². The lowest BCUT2D eigenvalue weighted by molar-refractivity contribution is 0.0945. The van der Waals surface area contributed by atoms with Crippen molar-refractivity contribution in [1.82, 2.24) is 9.69 Å². The Morgan fingerprint density at radius 2 is 2.20 bits per heavy atom. The van der Waals surface area contributed by atoms with Crippen molar-refractivity contribution in [3.05, 3.63) is 5.56 Å². The molecule has 0 aromatic carbocycles. The maximum atomic E-state index is 12.0. The molecule has 0 saturated carbocycles. The maximum Gasteiger partial charge on any atom is 0.258 e. The largest absolute Gasteiger partial charge is 0.382 e. The fourth-order valence-electron chi connectivity index (χ4n) is 1.60. The number of hydrogen-bond acceptors (Lipinski definition) is 6. The van der Waals surface area contributed by atoms with Gasteiger partial charge in [-0.2, -0.15) is 4.37 Å². The van der Waals surface area contributed by atoms with Gasteiger partial charge < -0.3 is 21.1 Å². The topological polar surface area (TPSA) is 89.3 Å². The summed E-state index contributed by atoms with van der Waals surface area (Å²) in [6.07, 6.45) is 1.90. The minimum absolute atomic E-state index is 0.0668. The lowest BCUT2D eigenvalue weighted by Gasteiger charge is -2.10. The van der Waals surface area contributed by atoms with Crippen LogP contribution < -0.4 is 16.4 Å². The van der Waals surface area contributed by atoms with Gasteiger partial charge in [0.1, 0.15) is 10.6 Å². The molecule has 6 nitrogen and oxygen atoms in total. The third kappa shape index (κ3) is 5.34. The van der Waals surface area contributed by atoms with Crippen LogP contribution in [0, 0.1) is 0 Å². The van der Waals surface area contributed by atoms with Crippen LogP contribution in [-0.4, -0.2) is 36.1 Å². The number of nitrogens with one attached hydrogen (secondary N) is 2. The van der Waals surface area contributed by atoms with Gasteiger partial charge in [0.05, 0.1) is 0 Å². The highest BCUT2D eigenvalue weighted by atomic mass is 32.1. The number of ether oxygens (including phenoxy) is 1. The summed E-state index contributed by atoms with van der Waals surface area (Å²) >= 11 is 1.21. The van der Waals surface area contributed by atoms with Crippen molar-refractivity contribution in [1.29, 1.82) is 0 Å². The molecule has 0 aliphatic carbocycles. The molecule has 0 radical (unpaired) electrons. The first-order chi connectivity index (χ1) is 9.56. The molecule has 0 saturated heterocycles. The molecule has 1 aromatic rings. The van der Waals surface area contributed by atoms with Gasteiger partial charge in [-0.05, 0) is 38.2 Å². The van der Waals surface area contributed by atoms with Crippen molar-refractivity contribution in [2.75, 3.05) is 30.8 Å². The number of carbonyl (C=O) groups excluding carboxylic acids is 1.